The number of rotatable bonds is 5. The summed E-state index contributed by atoms with van der Waals surface area (Å²) in [4.78, 5) is 18.5. The molecule has 1 aliphatic carbocycles. The second-order valence-electron chi connectivity index (χ2n) is 6.08. The lowest BCUT2D eigenvalue weighted by atomic mass is 10.2. The lowest BCUT2D eigenvalue weighted by Crippen LogP contribution is -2.49. The quantitative estimate of drug-likeness (QED) is 0.860. The maximum absolute atomic E-state index is 12.0. The van der Waals surface area contributed by atoms with Gasteiger partial charge in [0.1, 0.15) is 6.10 Å². The predicted molar refractivity (Wildman–Crippen MR) is 74.6 cm³/mol. The van der Waals surface area contributed by atoms with E-state index in [0.717, 1.165) is 25.2 Å². The van der Waals surface area contributed by atoms with Crippen molar-refractivity contribution in [1.29, 1.82) is 0 Å². The third-order valence-corrected chi connectivity index (χ3v) is 3.73. The zero-order valence-corrected chi connectivity index (χ0v) is 12.5. The highest BCUT2D eigenvalue weighted by molar-refractivity contribution is 5.81. The van der Waals surface area contributed by atoms with Crippen molar-refractivity contribution in [3.8, 4) is 0 Å². The lowest BCUT2D eigenvalue weighted by Gasteiger charge is -2.31. The van der Waals surface area contributed by atoms with Crippen LogP contribution in [0.25, 0.3) is 0 Å². The Bertz CT molecular complexity index is 498. The molecule has 21 heavy (non-hydrogen) atoms. The number of nitrogens with zero attached hydrogens (tertiary/aromatic N) is 3. The summed E-state index contributed by atoms with van der Waals surface area (Å²) in [6, 6.07) is 0.362. The maximum Gasteiger partial charge on any atom is 0.250 e. The molecule has 1 saturated carbocycles. The number of aromatic nitrogens is 2. The van der Waals surface area contributed by atoms with Gasteiger partial charge in [0.15, 0.2) is 5.82 Å². The zero-order chi connectivity index (χ0) is 14.8. The highest BCUT2D eigenvalue weighted by Gasteiger charge is 2.31. The van der Waals surface area contributed by atoms with E-state index in [0.29, 0.717) is 31.6 Å². The van der Waals surface area contributed by atoms with Crippen molar-refractivity contribution in [2.24, 2.45) is 0 Å². The molecule has 1 aliphatic heterocycles. The summed E-state index contributed by atoms with van der Waals surface area (Å²) in [5.74, 6) is 1.57. The van der Waals surface area contributed by atoms with Gasteiger partial charge < -0.3 is 14.6 Å². The third kappa shape index (κ3) is 3.79. The van der Waals surface area contributed by atoms with Gasteiger partial charge in [-0.2, -0.15) is 4.98 Å². The first-order chi connectivity index (χ1) is 10.1. The van der Waals surface area contributed by atoms with Gasteiger partial charge >= 0.3 is 0 Å². The third-order valence-electron chi connectivity index (χ3n) is 3.73. The molecule has 0 radical (unpaired) electrons. The van der Waals surface area contributed by atoms with E-state index in [1.165, 1.54) is 0 Å². The molecule has 0 spiro atoms. The van der Waals surface area contributed by atoms with Crippen molar-refractivity contribution in [1.82, 2.24) is 20.4 Å². The molecular formula is C14H22N4O3. The van der Waals surface area contributed by atoms with Crippen LogP contribution in [0.2, 0.25) is 0 Å². The molecule has 2 heterocycles. The van der Waals surface area contributed by atoms with Gasteiger partial charge in [0.05, 0.1) is 13.2 Å². The van der Waals surface area contributed by atoms with E-state index >= 15 is 0 Å². The molecule has 116 valence electrons. The normalized spacial score (nSPS) is 23.5. The van der Waals surface area contributed by atoms with E-state index in [4.69, 9.17) is 9.26 Å². The molecule has 1 aromatic heterocycles. The summed E-state index contributed by atoms with van der Waals surface area (Å²) < 4.78 is 10.8. The van der Waals surface area contributed by atoms with Gasteiger partial charge in [-0.15, -0.1) is 0 Å². The minimum Gasteiger partial charge on any atom is -0.366 e. The lowest BCUT2D eigenvalue weighted by molar-refractivity contribution is -0.139. The molecule has 2 aliphatic rings. The minimum atomic E-state index is -0.396. The highest BCUT2D eigenvalue weighted by Crippen LogP contribution is 2.19. The summed E-state index contributed by atoms with van der Waals surface area (Å²) in [6.45, 7) is 6.51. The summed E-state index contributed by atoms with van der Waals surface area (Å²) in [5.41, 5.74) is 0. The molecule has 3 rings (SSSR count). The van der Waals surface area contributed by atoms with Crippen molar-refractivity contribution < 1.29 is 14.1 Å². The van der Waals surface area contributed by atoms with Gasteiger partial charge in [0.25, 0.3) is 5.91 Å². The van der Waals surface area contributed by atoms with Crippen molar-refractivity contribution in [3.63, 3.8) is 0 Å². The number of hydrogen-bond donors (Lipinski definition) is 1. The predicted octanol–water partition coefficient (Wildman–Crippen LogP) is 0.672. The molecule has 1 aromatic rings. The van der Waals surface area contributed by atoms with Crippen LogP contribution in [0.15, 0.2) is 4.52 Å². The Kier molecular flexibility index (Phi) is 4.21. The molecular weight excluding hydrogens is 272 g/mol. The molecule has 1 amide bonds. The molecule has 2 fully saturated rings. The Morgan fingerprint density at radius 3 is 2.95 bits per heavy atom. The number of amides is 1. The van der Waals surface area contributed by atoms with Crippen LogP contribution in [-0.2, 0) is 16.1 Å². The molecule has 1 N–H and O–H groups in total. The number of ether oxygens (including phenoxy) is 1. The molecule has 7 nitrogen and oxygen atoms in total. The monoisotopic (exact) mass is 294 g/mol. The first kappa shape index (κ1) is 14.5. The summed E-state index contributed by atoms with van der Waals surface area (Å²) >= 11 is 0. The van der Waals surface area contributed by atoms with Crippen LogP contribution in [-0.4, -0.2) is 52.8 Å². The van der Waals surface area contributed by atoms with Crippen LogP contribution in [0.3, 0.4) is 0 Å². The Morgan fingerprint density at radius 2 is 2.29 bits per heavy atom. The minimum absolute atomic E-state index is 0.00408. The first-order valence-corrected chi connectivity index (χ1v) is 7.58. The van der Waals surface area contributed by atoms with E-state index in [1.807, 2.05) is 13.8 Å². The fraction of sp³-hybridized carbons (Fsp3) is 0.786. The number of carbonyl (C=O) groups excluding carboxylic acids is 1. The van der Waals surface area contributed by atoms with Crippen LogP contribution in [0.1, 0.15) is 44.3 Å². The van der Waals surface area contributed by atoms with Gasteiger partial charge in [0, 0.05) is 25.0 Å². The number of hydrogen-bond acceptors (Lipinski definition) is 6. The van der Waals surface area contributed by atoms with Gasteiger partial charge in [-0.25, -0.2) is 0 Å². The fourth-order valence-corrected chi connectivity index (χ4v) is 2.28. The van der Waals surface area contributed by atoms with Gasteiger partial charge in [-0.3, -0.25) is 9.69 Å². The topological polar surface area (TPSA) is 80.5 Å². The van der Waals surface area contributed by atoms with Gasteiger partial charge in [0.2, 0.25) is 5.89 Å². The van der Waals surface area contributed by atoms with Crippen LogP contribution in [0, 0.1) is 0 Å². The van der Waals surface area contributed by atoms with Gasteiger partial charge in [-0.05, 0) is 12.8 Å². The van der Waals surface area contributed by atoms with Gasteiger partial charge in [-0.1, -0.05) is 19.0 Å². The summed E-state index contributed by atoms with van der Waals surface area (Å²) in [6.07, 6.45) is 1.77. The molecule has 1 atom stereocenters. The standard InChI is InChI=1S/C14H22N4O3/c1-9(2)13-16-12(21-17-13)8-18-5-6-20-11(7-18)14(19)15-10-3-4-10/h9-11H,3-8H2,1-2H3,(H,15,19). The smallest absolute Gasteiger partial charge is 0.250 e. The van der Waals surface area contributed by atoms with Crippen LogP contribution >= 0.6 is 0 Å². The van der Waals surface area contributed by atoms with Crippen molar-refractivity contribution in [2.75, 3.05) is 19.7 Å². The maximum atomic E-state index is 12.0. The van der Waals surface area contributed by atoms with Crippen molar-refractivity contribution >= 4 is 5.91 Å². The molecule has 1 unspecified atom stereocenters. The van der Waals surface area contributed by atoms with E-state index in [-0.39, 0.29) is 11.8 Å². The van der Waals surface area contributed by atoms with E-state index in [2.05, 4.69) is 20.4 Å². The van der Waals surface area contributed by atoms with E-state index in [9.17, 15) is 4.79 Å². The average molecular weight is 294 g/mol. The summed E-state index contributed by atoms with van der Waals surface area (Å²) in [7, 11) is 0. The van der Waals surface area contributed by atoms with Crippen molar-refractivity contribution in [3.05, 3.63) is 11.7 Å². The SMILES string of the molecule is CC(C)c1noc(CN2CCOC(C(=O)NC3CC3)C2)n1. The Balaban J connectivity index is 1.53. The summed E-state index contributed by atoms with van der Waals surface area (Å²) in [5, 5.41) is 6.94. The number of morpholine rings is 1. The highest BCUT2D eigenvalue weighted by atomic mass is 16.5. The Hall–Kier alpha value is -1.47. The number of nitrogens with one attached hydrogen (secondary N) is 1. The second kappa shape index (κ2) is 6.11. The number of carbonyl (C=O) groups is 1. The van der Waals surface area contributed by atoms with Crippen LogP contribution < -0.4 is 5.32 Å². The Morgan fingerprint density at radius 1 is 1.48 bits per heavy atom. The molecule has 7 heteroatoms. The zero-order valence-electron chi connectivity index (χ0n) is 12.5. The average Bonchev–Trinajstić information content (AvgIpc) is 3.14. The molecule has 0 bridgehead atoms. The molecule has 0 aromatic carbocycles. The van der Waals surface area contributed by atoms with Crippen LogP contribution in [0.5, 0.6) is 0 Å². The fourth-order valence-electron chi connectivity index (χ4n) is 2.28. The second-order valence-corrected chi connectivity index (χ2v) is 6.08. The van der Waals surface area contributed by atoms with Crippen LogP contribution in [0.4, 0.5) is 0 Å². The molecule has 1 saturated heterocycles. The van der Waals surface area contributed by atoms with E-state index < -0.39 is 6.10 Å². The van der Waals surface area contributed by atoms with E-state index in [1.54, 1.807) is 0 Å². The van der Waals surface area contributed by atoms with Crippen molar-refractivity contribution in [2.45, 2.75) is 51.3 Å². The first-order valence-electron chi connectivity index (χ1n) is 7.58. The Labute approximate surface area is 124 Å². The largest absolute Gasteiger partial charge is 0.366 e.